The molecule has 0 fully saturated rings. The zero-order valence-corrected chi connectivity index (χ0v) is 52.9. The lowest BCUT2D eigenvalue weighted by atomic mass is 10.0. The average Bonchev–Trinajstić information content (AvgIpc) is 3.45. The number of allylic oxidation sites excluding steroid dienone is 10. The van der Waals surface area contributed by atoms with Crippen LogP contribution >= 0.6 is 0 Å². The van der Waals surface area contributed by atoms with E-state index in [1.165, 1.54) is 244 Å². The summed E-state index contributed by atoms with van der Waals surface area (Å²) in [5, 5.41) is 0. The highest BCUT2D eigenvalue weighted by molar-refractivity contribution is 5.71. The maximum atomic E-state index is 12.9. The predicted molar refractivity (Wildman–Crippen MR) is 344 cm³/mol. The quantitative estimate of drug-likeness (QED) is 0.0261. The SMILES string of the molecule is CC/C=C\C/C=C\C/C=C\C/C=C\CCCCCCCCCCCCCCCCC(=O)OCC(COC(=O)CCCCCCCCCCCCCCCCCCC)OC(=O)CCCCCCCCC/C=C\CCCCCCCC. The maximum absolute atomic E-state index is 12.9. The lowest BCUT2D eigenvalue weighted by molar-refractivity contribution is -0.167. The minimum Gasteiger partial charge on any atom is -0.462 e. The van der Waals surface area contributed by atoms with Gasteiger partial charge in [0.15, 0.2) is 6.10 Å². The van der Waals surface area contributed by atoms with Gasteiger partial charge in [-0.3, -0.25) is 14.4 Å². The molecule has 0 heterocycles. The smallest absolute Gasteiger partial charge is 0.306 e. The highest BCUT2D eigenvalue weighted by Crippen LogP contribution is 2.18. The Balaban J connectivity index is 4.27. The molecule has 0 bridgehead atoms. The van der Waals surface area contributed by atoms with Crippen LogP contribution in [-0.2, 0) is 28.6 Å². The summed E-state index contributed by atoms with van der Waals surface area (Å²) >= 11 is 0. The Morgan fingerprint density at radius 3 is 0.785 bits per heavy atom. The Bertz CT molecular complexity index is 1410. The molecule has 0 aromatic carbocycles. The van der Waals surface area contributed by atoms with E-state index in [4.69, 9.17) is 14.2 Å². The molecular formula is C73H132O6. The normalized spacial score (nSPS) is 12.4. The Morgan fingerprint density at radius 1 is 0.266 bits per heavy atom. The number of unbranched alkanes of at least 4 members (excludes halogenated alkanes) is 43. The first-order valence-electron chi connectivity index (χ1n) is 34.8. The second-order valence-electron chi connectivity index (χ2n) is 23.4. The molecule has 6 nitrogen and oxygen atoms in total. The summed E-state index contributed by atoms with van der Waals surface area (Å²) in [6.07, 6.45) is 86.7. The van der Waals surface area contributed by atoms with E-state index in [1.807, 2.05) is 0 Å². The van der Waals surface area contributed by atoms with E-state index in [0.29, 0.717) is 19.3 Å². The molecule has 0 aromatic rings. The van der Waals surface area contributed by atoms with Crippen molar-refractivity contribution in [3.8, 4) is 0 Å². The number of rotatable bonds is 64. The summed E-state index contributed by atoms with van der Waals surface area (Å²) in [7, 11) is 0. The summed E-state index contributed by atoms with van der Waals surface area (Å²) in [6, 6.07) is 0. The van der Waals surface area contributed by atoms with Crippen molar-refractivity contribution in [3.63, 3.8) is 0 Å². The molecule has 0 amide bonds. The highest BCUT2D eigenvalue weighted by Gasteiger charge is 2.19. The standard InChI is InChI=1S/C73H132O6/c1-4-7-10-13-16-19-22-25-28-31-32-33-34-35-36-37-38-39-40-43-45-48-51-54-57-60-63-66-72(75)78-69-70(79-73(76)67-64-61-58-55-52-49-46-42-30-27-24-21-18-15-12-9-6-3)68-77-71(74)65-62-59-56-53-50-47-44-41-29-26-23-20-17-14-11-8-5-2/h7,10,16,19,25,27-28,30,32-33,70H,4-6,8-9,11-15,17-18,20-24,26,29,31,34-69H2,1-3H3/b10-7-,19-16-,28-25-,30-27-,33-32-. The zero-order valence-electron chi connectivity index (χ0n) is 52.9. The van der Waals surface area contributed by atoms with Crippen molar-refractivity contribution in [3.05, 3.63) is 60.8 Å². The first-order chi connectivity index (χ1) is 39.0. The van der Waals surface area contributed by atoms with Crippen LogP contribution in [0.5, 0.6) is 0 Å². The summed E-state index contributed by atoms with van der Waals surface area (Å²) < 4.78 is 17.0. The van der Waals surface area contributed by atoms with Crippen LogP contribution < -0.4 is 0 Å². The Morgan fingerprint density at radius 2 is 0.494 bits per heavy atom. The molecule has 79 heavy (non-hydrogen) atoms. The van der Waals surface area contributed by atoms with Crippen molar-refractivity contribution in [1.29, 1.82) is 0 Å². The molecule has 460 valence electrons. The van der Waals surface area contributed by atoms with Crippen LogP contribution in [-0.4, -0.2) is 37.2 Å². The van der Waals surface area contributed by atoms with Gasteiger partial charge in [0.25, 0.3) is 0 Å². The summed E-state index contributed by atoms with van der Waals surface area (Å²) in [5.74, 6) is -0.850. The van der Waals surface area contributed by atoms with Gasteiger partial charge in [0.05, 0.1) is 0 Å². The fraction of sp³-hybridized carbons (Fsp3) is 0.822. The minimum absolute atomic E-state index is 0.0706. The second-order valence-corrected chi connectivity index (χ2v) is 23.4. The molecule has 1 atom stereocenters. The van der Waals surface area contributed by atoms with Crippen LogP contribution in [0.25, 0.3) is 0 Å². The van der Waals surface area contributed by atoms with Crippen molar-refractivity contribution in [2.45, 2.75) is 374 Å². The van der Waals surface area contributed by atoms with Crippen LogP contribution in [0, 0.1) is 0 Å². The van der Waals surface area contributed by atoms with Crippen molar-refractivity contribution in [1.82, 2.24) is 0 Å². The van der Waals surface area contributed by atoms with Gasteiger partial charge in [-0.1, -0.05) is 326 Å². The second kappa shape index (κ2) is 67.6. The summed E-state index contributed by atoms with van der Waals surface area (Å²) in [5.41, 5.74) is 0. The number of esters is 3. The first-order valence-corrected chi connectivity index (χ1v) is 34.8. The Kier molecular flexibility index (Phi) is 65.1. The molecule has 0 aliphatic heterocycles. The molecular weight excluding hydrogens is 973 g/mol. The van der Waals surface area contributed by atoms with Crippen LogP contribution in [0.15, 0.2) is 60.8 Å². The molecule has 0 N–H and O–H groups in total. The van der Waals surface area contributed by atoms with Gasteiger partial charge in [-0.2, -0.15) is 0 Å². The van der Waals surface area contributed by atoms with Crippen LogP contribution in [0.1, 0.15) is 367 Å². The van der Waals surface area contributed by atoms with Crippen LogP contribution in [0.4, 0.5) is 0 Å². The zero-order chi connectivity index (χ0) is 57.1. The number of ether oxygens (including phenoxy) is 3. The number of hydrogen-bond acceptors (Lipinski definition) is 6. The summed E-state index contributed by atoms with van der Waals surface area (Å²) in [4.78, 5) is 38.4. The molecule has 0 spiro atoms. The largest absolute Gasteiger partial charge is 0.462 e. The van der Waals surface area contributed by atoms with Gasteiger partial charge in [0.2, 0.25) is 0 Å². The topological polar surface area (TPSA) is 78.9 Å². The number of carbonyl (C=O) groups is 3. The fourth-order valence-electron chi connectivity index (χ4n) is 10.3. The third kappa shape index (κ3) is 65.8. The van der Waals surface area contributed by atoms with Crippen molar-refractivity contribution < 1.29 is 28.6 Å². The third-order valence-corrected chi connectivity index (χ3v) is 15.5. The third-order valence-electron chi connectivity index (χ3n) is 15.5. The van der Waals surface area contributed by atoms with Gasteiger partial charge in [-0.05, 0) is 83.5 Å². The maximum Gasteiger partial charge on any atom is 0.306 e. The van der Waals surface area contributed by atoms with E-state index in [0.717, 1.165) is 83.5 Å². The Hall–Kier alpha value is -2.89. The lowest BCUT2D eigenvalue weighted by Gasteiger charge is -2.18. The first kappa shape index (κ1) is 76.1. The molecule has 0 saturated heterocycles. The molecule has 0 aliphatic rings. The Labute approximate surface area is 491 Å². The lowest BCUT2D eigenvalue weighted by Crippen LogP contribution is -2.30. The molecule has 6 heteroatoms. The van der Waals surface area contributed by atoms with Gasteiger partial charge < -0.3 is 14.2 Å². The molecule has 0 rings (SSSR count). The van der Waals surface area contributed by atoms with Crippen LogP contribution in [0.2, 0.25) is 0 Å². The van der Waals surface area contributed by atoms with Gasteiger partial charge >= 0.3 is 17.9 Å². The molecule has 0 aromatic heterocycles. The van der Waals surface area contributed by atoms with Gasteiger partial charge in [-0.15, -0.1) is 0 Å². The van der Waals surface area contributed by atoms with Crippen LogP contribution in [0.3, 0.4) is 0 Å². The molecule has 1 unspecified atom stereocenters. The van der Waals surface area contributed by atoms with Crippen molar-refractivity contribution in [2.24, 2.45) is 0 Å². The number of hydrogen-bond donors (Lipinski definition) is 0. The van der Waals surface area contributed by atoms with E-state index in [1.54, 1.807) is 0 Å². The van der Waals surface area contributed by atoms with Gasteiger partial charge in [-0.25, -0.2) is 0 Å². The highest BCUT2D eigenvalue weighted by atomic mass is 16.6. The van der Waals surface area contributed by atoms with Crippen molar-refractivity contribution >= 4 is 17.9 Å². The molecule has 0 aliphatic carbocycles. The fourth-order valence-corrected chi connectivity index (χ4v) is 10.3. The van der Waals surface area contributed by atoms with Gasteiger partial charge in [0, 0.05) is 19.3 Å². The monoisotopic (exact) mass is 1110 g/mol. The van der Waals surface area contributed by atoms with Crippen molar-refractivity contribution in [2.75, 3.05) is 13.2 Å². The van der Waals surface area contributed by atoms with E-state index < -0.39 is 6.10 Å². The van der Waals surface area contributed by atoms with E-state index in [9.17, 15) is 14.4 Å². The average molecular weight is 1110 g/mol. The van der Waals surface area contributed by atoms with E-state index in [-0.39, 0.29) is 31.1 Å². The van der Waals surface area contributed by atoms with Gasteiger partial charge in [0.1, 0.15) is 13.2 Å². The predicted octanol–water partition coefficient (Wildman–Crippen LogP) is 23.9. The van der Waals surface area contributed by atoms with E-state index >= 15 is 0 Å². The van der Waals surface area contributed by atoms with E-state index in [2.05, 4.69) is 81.5 Å². The molecule has 0 radical (unpaired) electrons. The number of carbonyl (C=O) groups excluding carboxylic acids is 3. The molecule has 0 saturated carbocycles. The minimum atomic E-state index is -0.775. The summed E-state index contributed by atoms with van der Waals surface area (Å²) in [6.45, 7) is 6.58.